The number of ether oxygens (including phenoxy) is 1. The maximum absolute atomic E-state index is 11.9. The SMILES string of the molecule is CCNC(=NCc1ccc(-n2ccnc2C)nc1)N1CCC(C(=O)OCC)CC1.I. The Morgan fingerprint density at radius 3 is 2.60 bits per heavy atom. The lowest BCUT2D eigenvalue weighted by Crippen LogP contribution is -2.46. The number of nitrogens with zero attached hydrogens (tertiary/aromatic N) is 5. The first-order valence-corrected chi connectivity index (χ1v) is 10.3. The van der Waals surface area contributed by atoms with Gasteiger partial charge in [-0.15, -0.1) is 24.0 Å². The lowest BCUT2D eigenvalue weighted by atomic mass is 9.97. The van der Waals surface area contributed by atoms with Crippen molar-refractivity contribution in [3.05, 3.63) is 42.1 Å². The Balaban J connectivity index is 0.00000320. The third kappa shape index (κ3) is 6.16. The Morgan fingerprint density at radius 1 is 1.27 bits per heavy atom. The highest BCUT2D eigenvalue weighted by Crippen LogP contribution is 2.19. The van der Waals surface area contributed by atoms with E-state index in [0.717, 1.165) is 55.6 Å². The van der Waals surface area contributed by atoms with Crippen molar-refractivity contribution in [1.82, 2.24) is 24.8 Å². The fraction of sp³-hybridized carbons (Fsp3) is 0.524. The van der Waals surface area contributed by atoms with Gasteiger partial charge in [-0.2, -0.15) is 0 Å². The third-order valence-electron chi connectivity index (χ3n) is 5.04. The number of rotatable bonds is 6. The van der Waals surface area contributed by atoms with Crippen molar-refractivity contribution in [2.45, 2.75) is 40.2 Å². The molecular weight excluding hydrogens is 495 g/mol. The average molecular weight is 526 g/mol. The highest BCUT2D eigenvalue weighted by molar-refractivity contribution is 14.0. The molecule has 2 aromatic rings. The Bertz CT molecular complexity index is 828. The molecule has 164 valence electrons. The number of hydrogen-bond donors (Lipinski definition) is 1. The van der Waals surface area contributed by atoms with E-state index in [-0.39, 0.29) is 35.9 Å². The van der Waals surface area contributed by atoms with Crippen molar-refractivity contribution in [1.29, 1.82) is 0 Å². The first-order valence-electron chi connectivity index (χ1n) is 10.3. The van der Waals surface area contributed by atoms with Crippen molar-refractivity contribution >= 4 is 35.9 Å². The van der Waals surface area contributed by atoms with E-state index in [2.05, 4.69) is 27.1 Å². The van der Waals surface area contributed by atoms with E-state index in [1.165, 1.54) is 0 Å². The van der Waals surface area contributed by atoms with Crippen LogP contribution >= 0.6 is 24.0 Å². The minimum atomic E-state index is -0.0756. The van der Waals surface area contributed by atoms with Crippen LogP contribution in [0.15, 0.2) is 35.7 Å². The van der Waals surface area contributed by atoms with E-state index in [9.17, 15) is 4.79 Å². The van der Waals surface area contributed by atoms with Gasteiger partial charge in [0.05, 0.1) is 19.1 Å². The van der Waals surface area contributed by atoms with Crippen LogP contribution in [0.5, 0.6) is 0 Å². The molecule has 1 fully saturated rings. The molecule has 0 atom stereocenters. The Kier molecular flexibility index (Phi) is 9.54. The predicted octanol–water partition coefficient (Wildman–Crippen LogP) is 2.93. The van der Waals surface area contributed by atoms with Crippen LogP contribution in [0.2, 0.25) is 0 Å². The summed E-state index contributed by atoms with van der Waals surface area (Å²) in [5.74, 6) is 2.56. The Morgan fingerprint density at radius 2 is 2.03 bits per heavy atom. The molecular formula is C21H31IN6O2. The Labute approximate surface area is 195 Å². The number of esters is 1. The zero-order chi connectivity index (χ0) is 20.6. The Hall–Kier alpha value is -2.17. The fourth-order valence-corrected chi connectivity index (χ4v) is 3.45. The lowest BCUT2D eigenvalue weighted by molar-refractivity contribution is -0.149. The van der Waals surface area contributed by atoms with E-state index in [0.29, 0.717) is 13.2 Å². The molecule has 0 unspecified atom stereocenters. The number of hydrogen-bond acceptors (Lipinski definition) is 5. The van der Waals surface area contributed by atoms with Crippen LogP contribution in [-0.4, -0.2) is 57.6 Å². The van der Waals surface area contributed by atoms with Gasteiger partial charge < -0.3 is 15.0 Å². The second-order valence-corrected chi connectivity index (χ2v) is 7.05. The number of likely N-dealkylation sites (tertiary alicyclic amines) is 1. The van der Waals surface area contributed by atoms with E-state index >= 15 is 0 Å². The first-order chi connectivity index (χ1) is 14.1. The number of aromatic nitrogens is 3. The van der Waals surface area contributed by atoms with Crippen molar-refractivity contribution in [3.8, 4) is 5.82 Å². The smallest absolute Gasteiger partial charge is 0.309 e. The van der Waals surface area contributed by atoms with E-state index < -0.39 is 0 Å². The number of carbonyl (C=O) groups is 1. The van der Waals surface area contributed by atoms with Gasteiger partial charge in [0, 0.05) is 38.2 Å². The molecule has 0 bridgehead atoms. The molecule has 3 heterocycles. The number of aliphatic imine (C=N–C) groups is 1. The number of piperidine rings is 1. The summed E-state index contributed by atoms with van der Waals surface area (Å²) in [5, 5.41) is 3.36. The monoisotopic (exact) mass is 526 g/mol. The van der Waals surface area contributed by atoms with Crippen LogP contribution < -0.4 is 5.32 Å². The van der Waals surface area contributed by atoms with E-state index in [1.807, 2.05) is 42.9 Å². The largest absolute Gasteiger partial charge is 0.466 e. The summed E-state index contributed by atoms with van der Waals surface area (Å²) >= 11 is 0. The number of imidazole rings is 1. The van der Waals surface area contributed by atoms with Gasteiger partial charge in [0.2, 0.25) is 0 Å². The maximum Gasteiger partial charge on any atom is 0.309 e. The minimum absolute atomic E-state index is 0. The molecule has 8 nitrogen and oxygen atoms in total. The van der Waals surface area contributed by atoms with Gasteiger partial charge >= 0.3 is 5.97 Å². The standard InChI is InChI=1S/C21H30N6O2.HI/c1-4-22-21(26-11-8-18(9-12-26)20(28)29-5-2)25-15-17-6-7-19(24-14-17)27-13-10-23-16(27)3;/h6-7,10,13-14,18H,4-5,8-9,11-12,15H2,1-3H3,(H,22,25);1H. The number of guanidine groups is 1. The van der Waals surface area contributed by atoms with Gasteiger partial charge in [-0.3, -0.25) is 9.36 Å². The fourth-order valence-electron chi connectivity index (χ4n) is 3.45. The number of pyridine rings is 1. The molecule has 1 saturated heterocycles. The van der Waals surface area contributed by atoms with Crippen LogP contribution in [0.1, 0.15) is 38.1 Å². The summed E-state index contributed by atoms with van der Waals surface area (Å²) < 4.78 is 7.11. The topological polar surface area (TPSA) is 84.6 Å². The molecule has 0 aliphatic carbocycles. The second kappa shape index (κ2) is 11.9. The molecule has 0 radical (unpaired) electrons. The highest BCUT2D eigenvalue weighted by atomic mass is 127. The first kappa shape index (κ1) is 24.1. The third-order valence-corrected chi connectivity index (χ3v) is 5.04. The summed E-state index contributed by atoms with van der Waals surface area (Å²) in [7, 11) is 0. The molecule has 3 rings (SSSR count). The van der Waals surface area contributed by atoms with Crippen molar-refractivity contribution in [2.75, 3.05) is 26.2 Å². The molecule has 9 heteroatoms. The van der Waals surface area contributed by atoms with Gasteiger partial charge in [-0.1, -0.05) is 6.07 Å². The molecule has 0 spiro atoms. The number of carbonyl (C=O) groups excluding carboxylic acids is 1. The zero-order valence-electron chi connectivity index (χ0n) is 17.9. The van der Waals surface area contributed by atoms with Gasteiger partial charge in [0.15, 0.2) is 5.96 Å². The van der Waals surface area contributed by atoms with Gasteiger partial charge in [-0.05, 0) is 45.2 Å². The van der Waals surface area contributed by atoms with Gasteiger partial charge in [-0.25, -0.2) is 15.0 Å². The van der Waals surface area contributed by atoms with Crippen LogP contribution in [-0.2, 0) is 16.1 Å². The molecule has 1 N–H and O–H groups in total. The summed E-state index contributed by atoms with van der Waals surface area (Å²) in [5.41, 5.74) is 1.04. The summed E-state index contributed by atoms with van der Waals surface area (Å²) in [4.78, 5) is 27.7. The molecule has 0 amide bonds. The molecule has 1 aliphatic heterocycles. The van der Waals surface area contributed by atoms with Crippen LogP contribution in [0, 0.1) is 12.8 Å². The second-order valence-electron chi connectivity index (χ2n) is 7.05. The summed E-state index contributed by atoms with van der Waals surface area (Å²) in [6.07, 6.45) is 7.12. The van der Waals surface area contributed by atoms with Crippen LogP contribution in [0.25, 0.3) is 5.82 Å². The molecule has 0 saturated carbocycles. The predicted molar refractivity (Wildman–Crippen MR) is 127 cm³/mol. The molecule has 2 aromatic heterocycles. The van der Waals surface area contributed by atoms with E-state index in [1.54, 1.807) is 6.20 Å². The normalized spacial score (nSPS) is 14.9. The average Bonchev–Trinajstić information content (AvgIpc) is 3.18. The quantitative estimate of drug-likeness (QED) is 0.270. The summed E-state index contributed by atoms with van der Waals surface area (Å²) in [6, 6.07) is 4.03. The van der Waals surface area contributed by atoms with Crippen molar-refractivity contribution in [2.24, 2.45) is 10.9 Å². The van der Waals surface area contributed by atoms with E-state index in [4.69, 9.17) is 9.73 Å². The lowest BCUT2D eigenvalue weighted by Gasteiger charge is -2.33. The van der Waals surface area contributed by atoms with Crippen LogP contribution in [0.4, 0.5) is 0 Å². The number of aryl methyl sites for hydroxylation is 1. The highest BCUT2D eigenvalue weighted by Gasteiger charge is 2.27. The van der Waals surface area contributed by atoms with Crippen molar-refractivity contribution < 1.29 is 9.53 Å². The number of nitrogens with one attached hydrogen (secondary N) is 1. The van der Waals surface area contributed by atoms with Gasteiger partial charge in [0.1, 0.15) is 11.6 Å². The van der Waals surface area contributed by atoms with Crippen molar-refractivity contribution in [3.63, 3.8) is 0 Å². The maximum atomic E-state index is 11.9. The molecule has 1 aliphatic rings. The summed E-state index contributed by atoms with van der Waals surface area (Å²) in [6.45, 7) is 9.25. The molecule has 0 aromatic carbocycles. The van der Waals surface area contributed by atoms with Crippen LogP contribution in [0.3, 0.4) is 0 Å². The zero-order valence-corrected chi connectivity index (χ0v) is 20.2. The number of halogens is 1. The van der Waals surface area contributed by atoms with Gasteiger partial charge in [0.25, 0.3) is 0 Å². The molecule has 30 heavy (non-hydrogen) atoms. The minimum Gasteiger partial charge on any atom is -0.466 e.